The lowest BCUT2D eigenvalue weighted by Crippen LogP contribution is -2.34. The van der Waals surface area contributed by atoms with Gasteiger partial charge in [0.1, 0.15) is 0 Å². The molecule has 0 spiro atoms. The topological polar surface area (TPSA) is 15.3 Å². The Balaban J connectivity index is 2.13. The van der Waals surface area contributed by atoms with Gasteiger partial charge in [0.2, 0.25) is 0 Å². The Hall–Kier alpha value is -0.290. The van der Waals surface area contributed by atoms with Crippen LogP contribution in [0, 0.1) is 11.8 Å². The molecule has 102 valence electrons. The lowest BCUT2D eigenvalue weighted by molar-refractivity contribution is -0.143. The first kappa shape index (κ1) is 14.8. The molecule has 0 amide bonds. The summed E-state index contributed by atoms with van der Waals surface area (Å²) in [5.41, 5.74) is 0. The van der Waals surface area contributed by atoms with Crippen LogP contribution < -0.4 is 5.32 Å². The first-order valence-electron chi connectivity index (χ1n) is 6.40. The fourth-order valence-corrected chi connectivity index (χ4v) is 2.15. The van der Waals surface area contributed by atoms with Crippen LogP contribution in [0.5, 0.6) is 0 Å². The summed E-state index contributed by atoms with van der Waals surface area (Å²) in [6.07, 6.45) is -2.04. The van der Waals surface area contributed by atoms with Crippen molar-refractivity contribution in [2.24, 2.45) is 11.8 Å². The van der Waals surface area contributed by atoms with Crippen molar-refractivity contribution in [2.45, 2.75) is 32.9 Å². The van der Waals surface area contributed by atoms with Crippen LogP contribution >= 0.6 is 0 Å². The van der Waals surface area contributed by atoms with E-state index in [1.807, 2.05) is 0 Å². The number of hydrogen-bond donors (Lipinski definition) is 1. The van der Waals surface area contributed by atoms with Gasteiger partial charge in [0.25, 0.3) is 0 Å². The molecule has 1 aliphatic heterocycles. The highest BCUT2D eigenvalue weighted by Gasteiger charge is 2.34. The number of nitrogens with one attached hydrogen (secondary N) is 1. The summed E-state index contributed by atoms with van der Waals surface area (Å²) in [4.78, 5) is 1.51. The van der Waals surface area contributed by atoms with E-state index in [4.69, 9.17) is 0 Å². The van der Waals surface area contributed by atoms with E-state index in [1.54, 1.807) is 0 Å². The third-order valence-corrected chi connectivity index (χ3v) is 3.40. The summed E-state index contributed by atoms with van der Waals surface area (Å²) < 4.78 is 36.5. The van der Waals surface area contributed by atoms with Gasteiger partial charge in [-0.25, -0.2) is 0 Å². The molecule has 1 saturated heterocycles. The molecule has 1 N–H and O–H groups in total. The zero-order valence-corrected chi connectivity index (χ0v) is 10.7. The van der Waals surface area contributed by atoms with Gasteiger partial charge >= 0.3 is 6.18 Å². The Morgan fingerprint density at radius 3 is 2.71 bits per heavy atom. The molecule has 0 aromatic heterocycles. The molecule has 1 heterocycles. The summed E-state index contributed by atoms with van der Waals surface area (Å²) in [5.74, 6) is 1.02. The highest BCUT2D eigenvalue weighted by molar-refractivity contribution is 4.78. The van der Waals surface area contributed by atoms with E-state index in [0.717, 1.165) is 25.9 Å². The zero-order valence-electron chi connectivity index (χ0n) is 10.7. The van der Waals surface area contributed by atoms with E-state index in [2.05, 4.69) is 19.2 Å². The molecule has 0 aliphatic carbocycles. The van der Waals surface area contributed by atoms with Gasteiger partial charge in [-0.2, -0.15) is 13.2 Å². The molecule has 2 unspecified atom stereocenters. The summed E-state index contributed by atoms with van der Waals surface area (Å²) in [7, 11) is 0. The second-order valence-electron chi connectivity index (χ2n) is 5.18. The highest BCUT2D eigenvalue weighted by Crippen LogP contribution is 2.22. The van der Waals surface area contributed by atoms with Gasteiger partial charge in [0.15, 0.2) is 0 Å². The lowest BCUT2D eigenvalue weighted by atomic mass is 10.1. The second-order valence-corrected chi connectivity index (χ2v) is 5.18. The third-order valence-electron chi connectivity index (χ3n) is 3.40. The van der Waals surface area contributed by atoms with Crippen molar-refractivity contribution >= 4 is 0 Å². The quantitative estimate of drug-likeness (QED) is 0.781. The van der Waals surface area contributed by atoms with Gasteiger partial charge in [-0.3, -0.25) is 4.90 Å². The van der Waals surface area contributed by atoms with E-state index < -0.39 is 12.7 Å². The highest BCUT2D eigenvalue weighted by atomic mass is 19.4. The minimum atomic E-state index is -4.06. The molecule has 17 heavy (non-hydrogen) atoms. The molecule has 2 atom stereocenters. The first-order valence-corrected chi connectivity index (χ1v) is 6.40. The van der Waals surface area contributed by atoms with Crippen molar-refractivity contribution in [1.29, 1.82) is 0 Å². The molecule has 5 heteroatoms. The Bertz CT molecular complexity index is 218. The van der Waals surface area contributed by atoms with Crippen LogP contribution in [0.3, 0.4) is 0 Å². The molecule has 2 nitrogen and oxygen atoms in total. The molecule has 1 rings (SSSR count). The summed E-state index contributed by atoms with van der Waals surface area (Å²) in [5, 5.41) is 3.35. The monoisotopic (exact) mass is 252 g/mol. The Kier molecular flexibility index (Phi) is 5.73. The maximum absolute atomic E-state index is 12.2. The van der Waals surface area contributed by atoms with E-state index in [0.29, 0.717) is 24.9 Å². The van der Waals surface area contributed by atoms with Gasteiger partial charge in [-0.15, -0.1) is 0 Å². The van der Waals surface area contributed by atoms with E-state index >= 15 is 0 Å². The number of alkyl halides is 3. The van der Waals surface area contributed by atoms with Crippen molar-refractivity contribution in [1.82, 2.24) is 10.2 Å². The maximum Gasteiger partial charge on any atom is 0.401 e. The third kappa shape index (κ3) is 6.27. The number of nitrogens with zero attached hydrogens (tertiary/aromatic N) is 1. The van der Waals surface area contributed by atoms with Crippen LogP contribution in [0.1, 0.15) is 26.7 Å². The predicted molar refractivity (Wildman–Crippen MR) is 62.9 cm³/mol. The van der Waals surface area contributed by atoms with Crippen molar-refractivity contribution in [3.05, 3.63) is 0 Å². The molecule has 0 radical (unpaired) electrons. The number of rotatable bonds is 6. The zero-order chi connectivity index (χ0) is 12.9. The Labute approximate surface area is 102 Å². The average Bonchev–Trinajstić information content (AvgIpc) is 2.62. The molecule has 0 bridgehead atoms. The number of likely N-dealkylation sites (tertiary alicyclic amines) is 1. The van der Waals surface area contributed by atoms with E-state index in [-0.39, 0.29) is 0 Å². The van der Waals surface area contributed by atoms with Gasteiger partial charge < -0.3 is 5.32 Å². The van der Waals surface area contributed by atoms with Gasteiger partial charge in [-0.05, 0) is 37.9 Å². The van der Waals surface area contributed by atoms with E-state index in [9.17, 15) is 13.2 Å². The summed E-state index contributed by atoms with van der Waals surface area (Å²) in [6.45, 7) is 6.53. The van der Waals surface area contributed by atoms with E-state index in [1.165, 1.54) is 4.90 Å². The molecule has 0 aromatic rings. The van der Waals surface area contributed by atoms with Crippen LogP contribution in [-0.4, -0.2) is 43.8 Å². The smallest absolute Gasteiger partial charge is 0.316 e. The van der Waals surface area contributed by atoms with Crippen molar-refractivity contribution in [3.8, 4) is 0 Å². The van der Waals surface area contributed by atoms with Crippen LogP contribution in [0.15, 0.2) is 0 Å². The standard InChI is InChI=1S/C12H23F3N2/c1-3-10(2)6-16-7-11-4-5-17(8-11)9-12(13,14)15/h10-11,16H,3-9H2,1-2H3. The molecular weight excluding hydrogens is 229 g/mol. The van der Waals surface area contributed by atoms with Crippen LogP contribution in [0.25, 0.3) is 0 Å². The van der Waals surface area contributed by atoms with Crippen LogP contribution in [-0.2, 0) is 0 Å². The lowest BCUT2D eigenvalue weighted by Gasteiger charge is -2.18. The minimum Gasteiger partial charge on any atom is -0.316 e. The van der Waals surface area contributed by atoms with Gasteiger partial charge in [0.05, 0.1) is 6.54 Å². The largest absolute Gasteiger partial charge is 0.401 e. The molecule has 1 aliphatic rings. The fraction of sp³-hybridized carbons (Fsp3) is 1.00. The van der Waals surface area contributed by atoms with Gasteiger partial charge in [0, 0.05) is 6.54 Å². The SMILES string of the molecule is CCC(C)CNCC1CCN(CC(F)(F)F)C1. The average molecular weight is 252 g/mol. The first-order chi connectivity index (χ1) is 7.90. The van der Waals surface area contributed by atoms with Crippen molar-refractivity contribution < 1.29 is 13.2 Å². The van der Waals surface area contributed by atoms with Crippen LogP contribution in [0.4, 0.5) is 13.2 Å². The van der Waals surface area contributed by atoms with Crippen molar-refractivity contribution in [3.63, 3.8) is 0 Å². The normalized spacial score (nSPS) is 24.2. The molecule has 1 fully saturated rings. The van der Waals surface area contributed by atoms with Crippen molar-refractivity contribution in [2.75, 3.05) is 32.7 Å². The Morgan fingerprint density at radius 1 is 1.41 bits per heavy atom. The fourth-order valence-electron chi connectivity index (χ4n) is 2.15. The number of halogens is 3. The predicted octanol–water partition coefficient (Wildman–Crippen LogP) is 2.51. The maximum atomic E-state index is 12.2. The minimum absolute atomic E-state index is 0.376. The summed E-state index contributed by atoms with van der Waals surface area (Å²) >= 11 is 0. The number of hydrogen-bond acceptors (Lipinski definition) is 2. The van der Waals surface area contributed by atoms with Crippen LogP contribution in [0.2, 0.25) is 0 Å². The Morgan fingerprint density at radius 2 is 2.12 bits per heavy atom. The second kappa shape index (κ2) is 6.59. The molecule has 0 aromatic carbocycles. The van der Waals surface area contributed by atoms with Gasteiger partial charge in [-0.1, -0.05) is 20.3 Å². The summed E-state index contributed by atoms with van der Waals surface area (Å²) in [6, 6.07) is 0. The molecular formula is C12H23F3N2. The molecule has 0 saturated carbocycles.